The Balaban J connectivity index is 1.30. The maximum absolute atomic E-state index is 12.8. The van der Waals surface area contributed by atoms with Gasteiger partial charge < -0.3 is 19.9 Å². The Morgan fingerprint density at radius 3 is 2.40 bits per heavy atom. The molecule has 0 atom stereocenters. The first-order valence-electron chi connectivity index (χ1n) is 11.8. The lowest BCUT2D eigenvalue weighted by molar-refractivity contribution is -0.121. The molecule has 3 aromatic carbocycles. The van der Waals surface area contributed by atoms with Crippen molar-refractivity contribution >= 4 is 34.2 Å². The van der Waals surface area contributed by atoms with Crippen LogP contribution in [0, 0.1) is 5.92 Å². The average Bonchev–Trinajstić information content (AvgIpc) is 3.58. The van der Waals surface area contributed by atoms with Gasteiger partial charge in [0.05, 0.1) is 18.1 Å². The van der Waals surface area contributed by atoms with Crippen molar-refractivity contribution in [3.8, 4) is 17.1 Å². The summed E-state index contributed by atoms with van der Waals surface area (Å²) in [7, 11) is 3.44. The highest BCUT2D eigenvalue weighted by atomic mass is 16.5. The minimum Gasteiger partial charge on any atom is -0.497 e. The Hall–Kier alpha value is -4.13. The van der Waals surface area contributed by atoms with Crippen LogP contribution in [0.4, 0.5) is 11.4 Å². The fraction of sp³-hybridized carbons (Fsp3) is 0.250. The van der Waals surface area contributed by atoms with Gasteiger partial charge in [-0.3, -0.25) is 9.59 Å². The lowest BCUT2D eigenvalue weighted by Gasteiger charge is -2.21. The molecule has 0 saturated heterocycles. The zero-order valence-corrected chi connectivity index (χ0v) is 19.9. The van der Waals surface area contributed by atoms with E-state index in [1.807, 2.05) is 49.5 Å². The van der Waals surface area contributed by atoms with Crippen molar-refractivity contribution in [3.05, 3.63) is 72.3 Å². The number of aromatic nitrogens is 2. The third-order valence-electron chi connectivity index (χ3n) is 6.66. The minimum absolute atomic E-state index is 0.136. The highest BCUT2D eigenvalue weighted by molar-refractivity contribution is 6.04. The summed E-state index contributed by atoms with van der Waals surface area (Å²) in [6.07, 6.45) is 4.24. The maximum Gasteiger partial charge on any atom is 0.255 e. The third-order valence-corrected chi connectivity index (χ3v) is 6.66. The first kappa shape index (κ1) is 22.7. The molecule has 0 bridgehead atoms. The van der Waals surface area contributed by atoms with E-state index < -0.39 is 0 Å². The Bertz CT molecular complexity index is 1350. The number of nitrogens with one attached hydrogen (secondary N) is 2. The Morgan fingerprint density at radius 2 is 1.71 bits per heavy atom. The first-order chi connectivity index (χ1) is 17.0. The van der Waals surface area contributed by atoms with Gasteiger partial charge in [0.1, 0.15) is 11.6 Å². The van der Waals surface area contributed by atoms with E-state index in [-0.39, 0.29) is 17.7 Å². The number of H-pyrrole nitrogens is 1. The second kappa shape index (κ2) is 9.62. The van der Waals surface area contributed by atoms with Crippen LogP contribution in [-0.2, 0) is 4.79 Å². The molecule has 7 heteroatoms. The van der Waals surface area contributed by atoms with Gasteiger partial charge in [-0.25, -0.2) is 4.98 Å². The van der Waals surface area contributed by atoms with E-state index in [1.54, 1.807) is 36.3 Å². The smallest absolute Gasteiger partial charge is 0.255 e. The van der Waals surface area contributed by atoms with Crippen LogP contribution in [0.2, 0.25) is 0 Å². The zero-order chi connectivity index (χ0) is 24.4. The number of benzene rings is 3. The van der Waals surface area contributed by atoms with Crippen molar-refractivity contribution in [2.45, 2.75) is 25.7 Å². The van der Waals surface area contributed by atoms with Gasteiger partial charge in [0.25, 0.3) is 5.91 Å². The zero-order valence-electron chi connectivity index (χ0n) is 19.9. The van der Waals surface area contributed by atoms with E-state index in [4.69, 9.17) is 9.72 Å². The maximum atomic E-state index is 12.8. The number of rotatable bonds is 6. The molecule has 1 aliphatic rings. The van der Waals surface area contributed by atoms with Crippen molar-refractivity contribution in [1.82, 2.24) is 9.97 Å². The predicted octanol–water partition coefficient (Wildman–Crippen LogP) is 5.64. The topological polar surface area (TPSA) is 87.3 Å². The average molecular weight is 469 g/mol. The van der Waals surface area contributed by atoms with E-state index in [2.05, 4.69) is 10.3 Å². The molecule has 0 radical (unpaired) electrons. The number of anilines is 2. The van der Waals surface area contributed by atoms with Gasteiger partial charge in [0, 0.05) is 35.5 Å². The van der Waals surface area contributed by atoms with E-state index in [1.165, 1.54) is 0 Å². The van der Waals surface area contributed by atoms with E-state index in [0.29, 0.717) is 17.0 Å². The van der Waals surface area contributed by atoms with Gasteiger partial charge in [0.2, 0.25) is 5.91 Å². The Kier molecular flexibility index (Phi) is 6.23. The molecule has 1 aliphatic carbocycles. The van der Waals surface area contributed by atoms with Crippen LogP contribution < -0.4 is 15.0 Å². The molecule has 5 rings (SSSR count). The lowest BCUT2D eigenvalue weighted by Crippen LogP contribution is -2.31. The highest BCUT2D eigenvalue weighted by Crippen LogP contribution is 2.30. The van der Waals surface area contributed by atoms with Gasteiger partial charge in [-0.15, -0.1) is 0 Å². The molecule has 1 fully saturated rings. The molecule has 4 aromatic rings. The molecule has 1 aromatic heterocycles. The van der Waals surface area contributed by atoms with Crippen molar-refractivity contribution in [2.24, 2.45) is 5.92 Å². The largest absolute Gasteiger partial charge is 0.497 e. The SMILES string of the molecule is COc1ccc(C(=O)Nc2ccc(-c3nc4ccc(N(C)C(=O)C5CCCC5)cc4[nH]3)cc2)cc1. The van der Waals surface area contributed by atoms with Crippen molar-refractivity contribution in [1.29, 1.82) is 0 Å². The summed E-state index contributed by atoms with van der Waals surface area (Å²) in [4.78, 5) is 35.1. The van der Waals surface area contributed by atoms with E-state index in [9.17, 15) is 9.59 Å². The number of ether oxygens (including phenoxy) is 1. The number of carbonyl (C=O) groups excluding carboxylic acids is 2. The van der Waals surface area contributed by atoms with Crippen LogP contribution in [0.3, 0.4) is 0 Å². The summed E-state index contributed by atoms with van der Waals surface area (Å²) < 4.78 is 5.14. The molecule has 0 aliphatic heterocycles. The number of imidazole rings is 1. The monoisotopic (exact) mass is 468 g/mol. The molecular formula is C28H28N4O3. The summed E-state index contributed by atoms with van der Waals surface area (Å²) in [6, 6.07) is 20.4. The van der Waals surface area contributed by atoms with Gasteiger partial charge >= 0.3 is 0 Å². The summed E-state index contributed by atoms with van der Waals surface area (Å²) in [5, 5.41) is 2.91. The number of methoxy groups -OCH3 is 1. The van der Waals surface area contributed by atoms with Crippen LogP contribution in [0.15, 0.2) is 66.7 Å². The summed E-state index contributed by atoms with van der Waals surface area (Å²) in [5.74, 6) is 1.57. The summed E-state index contributed by atoms with van der Waals surface area (Å²) in [5.41, 5.74) is 4.73. The lowest BCUT2D eigenvalue weighted by atomic mass is 10.1. The van der Waals surface area contributed by atoms with Crippen molar-refractivity contribution in [3.63, 3.8) is 0 Å². The fourth-order valence-electron chi connectivity index (χ4n) is 4.57. The summed E-state index contributed by atoms with van der Waals surface area (Å²) in [6.45, 7) is 0. The van der Waals surface area contributed by atoms with Crippen LogP contribution in [-0.4, -0.2) is 35.9 Å². The Labute approximate surface area is 204 Å². The molecule has 7 nitrogen and oxygen atoms in total. The minimum atomic E-state index is -0.187. The molecule has 178 valence electrons. The molecule has 2 amide bonds. The quantitative estimate of drug-likeness (QED) is 0.383. The van der Waals surface area contributed by atoms with Gasteiger partial charge in [0.15, 0.2) is 0 Å². The summed E-state index contributed by atoms with van der Waals surface area (Å²) >= 11 is 0. The van der Waals surface area contributed by atoms with Gasteiger partial charge in [-0.2, -0.15) is 0 Å². The number of hydrogen-bond donors (Lipinski definition) is 2. The number of nitrogens with zero attached hydrogens (tertiary/aromatic N) is 2. The first-order valence-corrected chi connectivity index (χ1v) is 11.8. The van der Waals surface area contributed by atoms with Crippen LogP contribution in [0.25, 0.3) is 22.4 Å². The van der Waals surface area contributed by atoms with Crippen LogP contribution in [0.5, 0.6) is 5.75 Å². The second-order valence-electron chi connectivity index (χ2n) is 8.93. The fourth-order valence-corrected chi connectivity index (χ4v) is 4.57. The number of aromatic amines is 1. The number of fused-ring (bicyclic) bond motifs is 1. The molecule has 2 N–H and O–H groups in total. The number of hydrogen-bond acceptors (Lipinski definition) is 4. The predicted molar refractivity (Wildman–Crippen MR) is 138 cm³/mol. The van der Waals surface area contributed by atoms with Crippen molar-refractivity contribution in [2.75, 3.05) is 24.4 Å². The molecular weight excluding hydrogens is 440 g/mol. The van der Waals surface area contributed by atoms with Crippen molar-refractivity contribution < 1.29 is 14.3 Å². The molecule has 0 spiro atoms. The second-order valence-corrected chi connectivity index (χ2v) is 8.93. The van der Waals surface area contributed by atoms with Gasteiger partial charge in [-0.1, -0.05) is 12.8 Å². The third kappa shape index (κ3) is 4.75. The molecule has 35 heavy (non-hydrogen) atoms. The van der Waals surface area contributed by atoms with Gasteiger partial charge in [-0.05, 0) is 79.6 Å². The highest BCUT2D eigenvalue weighted by Gasteiger charge is 2.26. The molecule has 0 unspecified atom stereocenters. The number of carbonyl (C=O) groups is 2. The Morgan fingerprint density at radius 1 is 1.00 bits per heavy atom. The normalized spacial score (nSPS) is 13.7. The van der Waals surface area contributed by atoms with E-state index in [0.717, 1.165) is 53.8 Å². The molecule has 1 heterocycles. The molecule has 1 saturated carbocycles. The van der Waals surface area contributed by atoms with Crippen LogP contribution in [0.1, 0.15) is 36.0 Å². The standard InChI is InChI=1S/C28H28N4O3/c1-32(28(34)20-5-3-4-6-20)22-13-16-24-25(17-22)31-26(30-24)18-7-11-21(12-8-18)29-27(33)19-9-14-23(35-2)15-10-19/h7-17,20H,3-6H2,1-2H3,(H,29,33)(H,30,31). The number of amides is 2. The van der Waals surface area contributed by atoms with E-state index >= 15 is 0 Å². The van der Waals surface area contributed by atoms with Crippen LogP contribution >= 0.6 is 0 Å².